The van der Waals surface area contributed by atoms with Gasteiger partial charge >= 0.3 is 0 Å². The van der Waals surface area contributed by atoms with Crippen LogP contribution in [-0.2, 0) is 4.79 Å². The van der Waals surface area contributed by atoms with Crippen LogP contribution < -0.4 is 5.32 Å². The molecular formula is C11H21Cl3N2O. The summed E-state index contributed by atoms with van der Waals surface area (Å²) >= 11 is 17.8. The molecule has 0 radical (unpaired) electrons. The first-order chi connectivity index (χ1) is 7.54. The molecule has 0 aromatic rings. The third-order valence-electron chi connectivity index (χ3n) is 2.44. The molecule has 0 spiro atoms. The van der Waals surface area contributed by atoms with Crippen LogP contribution in [0.1, 0.15) is 34.6 Å². The summed E-state index contributed by atoms with van der Waals surface area (Å²) in [5.74, 6) is -0.138. The molecule has 6 heteroatoms. The zero-order valence-electron chi connectivity index (χ0n) is 11.0. The molecule has 0 aromatic carbocycles. The van der Waals surface area contributed by atoms with Gasteiger partial charge in [-0.25, -0.2) is 0 Å². The Kier molecular flexibility index (Phi) is 6.58. The fourth-order valence-corrected chi connectivity index (χ4v) is 1.89. The van der Waals surface area contributed by atoms with Gasteiger partial charge in [0.1, 0.15) is 6.17 Å². The number of hydrogen-bond acceptors (Lipinski definition) is 2. The van der Waals surface area contributed by atoms with Crippen LogP contribution in [0.3, 0.4) is 0 Å². The number of carbonyl (C=O) groups is 1. The highest BCUT2D eigenvalue weighted by Gasteiger charge is 2.39. The average Bonchev–Trinajstić information content (AvgIpc) is 2.14. The van der Waals surface area contributed by atoms with E-state index in [1.807, 2.05) is 39.5 Å². The van der Waals surface area contributed by atoms with Gasteiger partial charge in [0.2, 0.25) is 9.70 Å². The SMILES string of the molecule is CCN(CC)[C@@H](NC(=O)C(C)(C)C)C(Cl)(Cl)Cl. The third kappa shape index (κ3) is 5.64. The summed E-state index contributed by atoms with van der Waals surface area (Å²) in [5.41, 5.74) is -0.513. The predicted octanol–water partition coefficient (Wildman–Crippen LogP) is 3.19. The number of halogens is 3. The van der Waals surface area contributed by atoms with E-state index >= 15 is 0 Å². The van der Waals surface area contributed by atoms with Crippen molar-refractivity contribution in [3.63, 3.8) is 0 Å². The van der Waals surface area contributed by atoms with Crippen LogP contribution in [0.15, 0.2) is 0 Å². The highest BCUT2D eigenvalue weighted by Crippen LogP contribution is 2.32. The zero-order chi connectivity index (χ0) is 13.9. The lowest BCUT2D eigenvalue weighted by molar-refractivity contribution is -0.130. The molecule has 0 rings (SSSR count). The van der Waals surface area contributed by atoms with E-state index < -0.39 is 15.4 Å². The van der Waals surface area contributed by atoms with Crippen molar-refractivity contribution in [1.82, 2.24) is 10.2 Å². The molecule has 0 saturated heterocycles. The Labute approximate surface area is 119 Å². The summed E-state index contributed by atoms with van der Waals surface area (Å²) in [6, 6.07) is 0. The highest BCUT2D eigenvalue weighted by atomic mass is 35.6. The molecule has 3 nitrogen and oxygen atoms in total. The molecule has 102 valence electrons. The lowest BCUT2D eigenvalue weighted by Crippen LogP contribution is -2.57. The zero-order valence-corrected chi connectivity index (χ0v) is 13.2. The number of nitrogens with zero attached hydrogens (tertiary/aromatic N) is 1. The number of rotatable bonds is 4. The number of nitrogens with one attached hydrogen (secondary N) is 1. The van der Waals surface area contributed by atoms with Crippen molar-refractivity contribution in [2.45, 2.75) is 44.6 Å². The van der Waals surface area contributed by atoms with E-state index in [0.29, 0.717) is 13.1 Å². The van der Waals surface area contributed by atoms with Crippen molar-refractivity contribution in [2.24, 2.45) is 5.41 Å². The Morgan fingerprint density at radius 1 is 1.18 bits per heavy atom. The van der Waals surface area contributed by atoms with Gasteiger partial charge in [0.05, 0.1) is 0 Å². The molecule has 0 fully saturated rings. The van der Waals surface area contributed by atoms with Crippen molar-refractivity contribution in [2.75, 3.05) is 13.1 Å². The maximum atomic E-state index is 11.9. The van der Waals surface area contributed by atoms with Gasteiger partial charge < -0.3 is 5.32 Å². The van der Waals surface area contributed by atoms with Crippen molar-refractivity contribution in [1.29, 1.82) is 0 Å². The first-order valence-electron chi connectivity index (χ1n) is 5.65. The van der Waals surface area contributed by atoms with Crippen LogP contribution in [-0.4, -0.2) is 33.9 Å². The number of carbonyl (C=O) groups excluding carboxylic acids is 1. The van der Waals surface area contributed by atoms with Crippen molar-refractivity contribution >= 4 is 40.7 Å². The fraction of sp³-hybridized carbons (Fsp3) is 0.909. The van der Waals surface area contributed by atoms with Gasteiger partial charge in [0.25, 0.3) is 0 Å². The fourth-order valence-electron chi connectivity index (χ4n) is 1.31. The molecule has 1 amide bonds. The topological polar surface area (TPSA) is 32.3 Å². The van der Waals surface area contributed by atoms with E-state index in [1.165, 1.54) is 0 Å². The molecule has 0 aliphatic rings. The molecule has 1 atom stereocenters. The largest absolute Gasteiger partial charge is 0.336 e. The smallest absolute Gasteiger partial charge is 0.226 e. The molecule has 1 N–H and O–H groups in total. The van der Waals surface area contributed by atoms with Gasteiger partial charge in [-0.3, -0.25) is 9.69 Å². The molecule has 0 bridgehead atoms. The van der Waals surface area contributed by atoms with Crippen LogP contribution in [0, 0.1) is 5.41 Å². The van der Waals surface area contributed by atoms with Gasteiger partial charge in [0, 0.05) is 5.41 Å². The molecular weight excluding hydrogens is 282 g/mol. The lowest BCUT2D eigenvalue weighted by Gasteiger charge is -2.36. The Morgan fingerprint density at radius 2 is 1.59 bits per heavy atom. The molecule has 0 saturated carbocycles. The van der Waals surface area contributed by atoms with E-state index in [9.17, 15) is 4.79 Å². The number of alkyl halides is 3. The summed E-state index contributed by atoms with van der Waals surface area (Å²) in [7, 11) is 0. The van der Waals surface area contributed by atoms with E-state index in [0.717, 1.165) is 0 Å². The Balaban J connectivity index is 4.91. The van der Waals surface area contributed by atoms with Gasteiger partial charge in [-0.1, -0.05) is 69.4 Å². The van der Waals surface area contributed by atoms with Crippen molar-refractivity contribution < 1.29 is 4.79 Å². The van der Waals surface area contributed by atoms with Gasteiger partial charge in [-0.2, -0.15) is 0 Å². The van der Waals surface area contributed by atoms with Crippen LogP contribution in [0.5, 0.6) is 0 Å². The minimum Gasteiger partial charge on any atom is -0.336 e. The normalized spacial score (nSPS) is 14.9. The quantitative estimate of drug-likeness (QED) is 0.639. The monoisotopic (exact) mass is 302 g/mol. The minimum absolute atomic E-state index is 0.138. The van der Waals surface area contributed by atoms with Gasteiger partial charge in [-0.15, -0.1) is 0 Å². The molecule has 0 aliphatic carbocycles. The maximum absolute atomic E-state index is 11.9. The van der Waals surface area contributed by atoms with Crippen LogP contribution in [0.2, 0.25) is 0 Å². The molecule has 0 heterocycles. The first kappa shape index (κ1) is 17.3. The molecule has 0 aliphatic heterocycles. The standard InChI is InChI=1S/C11H21Cl3N2O/c1-6-16(7-2)8(11(12,13)14)15-9(17)10(3,4)5/h8H,6-7H2,1-5H3,(H,15,17)/t8-/m1/s1. The van der Waals surface area contributed by atoms with E-state index in [4.69, 9.17) is 34.8 Å². The number of amides is 1. The Morgan fingerprint density at radius 3 is 1.82 bits per heavy atom. The van der Waals surface area contributed by atoms with Crippen LogP contribution >= 0.6 is 34.8 Å². The minimum atomic E-state index is -1.55. The number of hydrogen-bond donors (Lipinski definition) is 1. The summed E-state index contributed by atoms with van der Waals surface area (Å²) in [4.78, 5) is 13.8. The Bertz CT molecular complexity index is 254. The predicted molar refractivity (Wildman–Crippen MR) is 74.6 cm³/mol. The second-order valence-corrected chi connectivity index (χ2v) is 7.26. The summed E-state index contributed by atoms with van der Waals surface area (Å²) in [6.07, 6.45) is -0.616. The van der Waals surface area contributed by atoms with Crippen LogP contribution in [0.4, 0.5) is 0 Å². The highest BCUT2D eigenvalue weighted by molar-refractivity contribution is 6.68. The molecule has 0 unspecified atom stereocenters. The van der Waals surface area contributed by atoms with E-state index in [2.05, 4.69) is 5.32 Å². The summed E-state index contributed by atoms with van der Waals surface area (Å²) in [6.45, 7) is 10.8. The maximum Gasteiger partial charge on any atom is 0.226 e. The second-order valence-electron chi connectivity index (χ2n) is 4.89. The van der Waals surface area contributed by atoms with Gasteiger partial charge in [0.15, 0.2) is 0 Å². The average molecular weight is 304 g/mol. The van der Waals surface area contributed by atoms with E-state index in [1.54, 1.807) is 0 Å². The van der Waals surface area contributed by atoms with Gasteiger partial charge in [-0.05, 0) is 13.1 Å². The molecule has 17 heavy (non-hydrogen) atoms. The van der Waals surface area contributed by atoms with E-state index in [-0.39, 0.29) is 5.91 Å². The Hall–Kier alpha value is 0.300. The second kappa shape index (κ2) is 6.46. The lowest BCUT2D eigenvalue weighted by atomic mass is 9.95. The van der Waals surface area contributed by atoms with Crippen molar-refractivity contribution in [3.8, 4) is 0 Å². The third-order valence-corrected chi connectivity index (χ3v) is 3.06. The van der Waals surface area contributed by atoms with Crippen molar-refractivity contribution in [3.05, 3.63) is 0 Å². The summed E-state index contributed by atoms with van der Waals surface area (Å²) < 4.78 is -1.55. The first-order valence-corrected chi connectivity index (χ1v) is 6.79. The molecule has 0 aromatic heterocycles. The summed E-state index contributed by atoms with van der Waals surface area (Å²) in [5, 5.41) is 2.79. The van der Waals surface area contributed by atoms with Crippen LogP contribution in [0.25, 0.3) is 0 Å².